The summed E-state index contributed by atoms with van der Waals surface area (Å²) in [5, 5.41) is 0.387. The van der Waals surface area contributed by atoms with Gasteiger partial charge >= 0.3 is 0 Å². The van der Waals surface area contributed by atoms with Gasteiger partial charge in [0.2, 0.25) is 5.95 Å². The van der Waals surface area contributed by atoms with E-state index in [-0.39, 0.29) is 17.3 Å². The average Bonchev–Trinajstić information content (AvgIpc) is 3.00. The quantitative estimate of drug-likeness (QED) is 0.775. The fourth-order valence-corrected chi connectivity index (χ4v) is 3.12. The molecule has 128 valence electrons. The second-order valence-electron chi connectivity index (χ2n) is 6.13. The monoisotopic (exact) mass is 344 g/mol. The molecule has 4 nitrogen and oxygen atoms in total. The number of hydrogen-bond donors (Lipinski definition) is 1. The van der Waals surface area contributed by atoms with Crippen molar-refractivity contribution in [2.75, 3.05) is 18.0 Å². The molecular weight excluding hydrogens is 329 g/mol. The standard InChI is InChI=1S/C18H15F3N4/c19-10-4-5-12-15(8-10)23-18(25-7-6-11(22)9-25)24-17(12)16-13(20)2-1-3-14(16)21/h1-5,8,11H,6-7,9,22H2/t11-/m1/s1. The number of halogens is 3. The molecule has 1 aromatic heterocycles. The van der Waals surface area contributed by atoms with Crippen molar-refractivity contribution in [3.63, 3.8) is 0 Å². The molecule has 4 rings (SSSR count). The number of rotatable bonds is 2. The van der Waals surface area contributed by atoms with Crippen molar-refractivity contribution in [3.8, 4) is 11.3 Å². The first-order valence-electron chi connectivity index (χ1n) is 7.95. The minimum atomic E-state index is -0.728. The van der Waals surface area contributed by atoms with E-state index in [9.17, 15) is 13.2 Å². The largest absolute Gasteiger partial charge is 0.339 e. The van der Waals surface area contributed by atoms with Gasteiger partial charge in [0.1, 0.15) is 17.5 Å². The van der Waals surface area contributed by atoms with Crippen molar-refractivity contribution in [2.24, 2.45) is 5.73 Å². The second kappa shape index (κ2) is 6.00. The Kier molecular flexibility index (Phi) is 3.80. The number of aromatic nitrogens is 2. The Balaban J connectivity index is 1.98. The lowest BCUT2D eigenvalue weighted by Gasteiger charge is -2.18. The molecule has 2 N–H and O–H groups in total. The Hall–Kier alpha value is -2.67. The summed E-state index contributed by atoms with van der Waals surface area (Å²) in [6.45, 7) is 1.18. The highest BCUT2D eigenvalue weighted by Crippen LogP contribution is 2.32. The zero-order valence-electron chi connectivity index (χ0n) is 13.2. The summed E-state index contributed by atoms with van der Waals surface area (Å²) in [4.78, 5) is 10.6. The first-order chi connectivity index (χ1) is 12.0. The molecule has 2 aromatic carbocycles. The molecule has 0 radical (unpaired) electrons. The number of fused-ring (bicyclic) bond motifs is 1. The molecule has 1 saturated heterocycles. The van der Waals surface area contributed by atoms with Gasteiger partial charge in [0.15, 0.2) is 0 Å². The number of benzene rings is 2. The molecule has 2 heterocycles. The maximum absolute atomic E-state index is 14.3. The van der Waals surface area contributed by atoms with E-state index in [0.717, 1.165) is 6.42 Å². The van der Waals surface area contributed by atoms with Crippen molar-refractivity contribution in [1.82, 2.24) is 9.97 Å². The van der Waals surface area contributed by atoms with Gasteiger partial charge in [-0.1, -0.05) is 6.07 Å². The van der Waals surface area contributed by atoms with Crippen LogP contribution in [0.25, 0.3) is 22.2 Å². The normalized spacial score (nSPS) is 17.4. The van der Waals surface area contributed by atoms with Gasteiger partial charge < -0.3 is 10.6 Å². The predicted molar refractivity (Wildman–Crippen MR) is 89.7 cm³/mol. The van der Waals surface area contributed by atoms with Crippen LogP contribution in [0.15, 0.2) is 36.4 Å². The van der Waals surface area contributed by atoms with E-state index in [1.54, 1.807) is 0 Å². The van der Waals surface area contributed by atoms with Crippen LogP contribution >= 0.6 is 0 Å². The van der Waals surface area contributed by atoms with Gasteiger partial charge in [-0.05, 0) is 30.7 Å². The molecule has 0 aliphatic carbocycles. The molecule has 1 atom stereocenters. The summed E-state index contributed by atoms with van der Waals surface area (Å²) in [5.74, 6) is -1.64. The van der Waals surface area contributed by atoms with Crippen LogP contribution in [0.1, 0.15) is 6.42 Å². The van der Waals surface area contributed by atoms with E-state index in [2.05, 4.69) is 9.97 Å². The highest BCUT2D eigenvalue weighted by Gasteiger charge is 2.24. The number of anilines is 1. The molecule has 0 saturated carbocycles. The average molecular weight is 344 g/mol. The zero-order valence-corrected chi connectivity index (χ0v) is 13.2. The second-order valence-corrected chi connectivity index (χ2v) is 6.13. The van der Waals surface area contributed by atoms with Gasteiger partial charge in [-0.25, -0.2) is 23.1 Å². The van der Waals surface area contributed by atoms with Crippen LogP contribution in [0.4, 0.5) is 19.1 Å². The molecule has 3 aromatic rings. The first kappa shape index (κ1) is 15.8. The summed E-state index contributed by atoms with van der Waals surface area (Å²) in [6, 6.07) is 7.50. The Morgan fingerprint density at radius 3 is 2.48 bits per heavy atom. The van der Waals surface area contributed by atoms with E-state index in [0.29, 0.717) is 29.9 Å². The molecule has 0 amide bonds. The molecule has 0 bridgehead atoms. The van der Waals surface area contributed by atoms with Crippen LogP contribution in [0, 0.1) is 17.5 Å². The maximum Gasteiger partial charge on any atom is 0.226 e. The first-order valence-corrected chi connectivity index (χ1v) is 7.95. The summed E-state index contributed by atoms with van der Waals surface area (Å²) < 4.78 is 42.3. The van der Waals surface area contributed by atoms with Crippen LogP contribution < -0.4 is 10.6 Å². The third kappa shape index (κ3) is 2.80. The third-order valence-electron chi connectivity index (χ3n) is 4.35. The predicted octanol–water partition coefficient (Wildman–Crippen LogP) is 3.25. The van der Waals surface area contributed by atoms with Gasteiger partial charge in [0.05, 0.1) is 16.8 Å². The molecule has 25 heavy (non-hydrogen) atoms. The summed E-state index contributed by atoms with van der Waals surface area (Å²) in [5.41, 5.74) is 6.08. The van der Waals surface area contributed by atoms with Gasteiger partial charge in [0, 0.05) is 30.6 Å². The van der Waals surface area contributed by atoms with Gasteiger partial charge in [0.25, 0.3) is 0 Å². The van der Waals surface area contributed by atoms with Crippen molar-refractivity contribution in [1.29, 1.82) is 0 Å². The van der Waals surface area contributed by atoms with E-state index in [4.69, 9.17) is 5.73 Å². The number of hydrogen-bond acceptors (Lipinski definition) is 4. The van der Waals surface area contributed by atoms with Gasteiger partial charge in [-0.3, -0.25) is 0 Å². The lowest BCUT2D eigenvalue weighted by Crippen LogP contribution is -2.27. The minimum Gasteiger partial charge on any atom is -0.339 e. The van der Waals surface area contributed by atoms with Gasteiger partial charge in [-0.2, -0.15) is 0 Å². The zero-order chi connectivity index (χ0) is 17.6. The fraction of sp³-hybridized carbons (Fsp3) is 0.222. The Bertz CT molecular complexity index is 940. The highest BCUT2D eigenvalue weighted by molar-refractivity contribution is 5.93. The molecule has 0 unspecified atom stereocenters. The Morgan fingerprint density at radius 1 is 1.04 bits per heavy atom. The number of nitrogens with two attached hydrogens (primary N) is 1. The van der Waals surface area contributed by atoms with Crippen molar-refractivity contribution in [2.45, 2.75) is 12.5 Å². The van der Waals surface area contributed by atoms with E-state index in [1.165, 1.54) is 36.4 Å². The molecule has 7 heteroatoms. The molecule has 1 aliphatic heterocycles. The minimum absolute atomic E-state index is 0.0135. The number of nitrogens with zero attached hydrogens (tertiary/aromatic N) is 3. The topological polar surface area (TPSA) is 55.0 Å². The molecule has 0 spiro atoms. The maximum atomic E-state index is 14.3. The van der Waals surface area contributed by atoms with E-state index < -0.39 is 17.5 Å². The molecule has 1 aliphatic rings. The fourth-order valence-electron chi connectivity index (χ4n) is 3.12. The van der Waals surface area contributed by atoms with Crippen molar-refractivity contribution in [3.05, 3.63) is 53.8 Å². The van der Waals surface area contributed by atoms with Crippen LogP contribution in [-0.2, 0) is 0 Å². The van der Waals surface area contributed by atoms with E-state index >= 15 is 0 Å². The van der Waals surface area contributed by atoms with Crippen LogP contribution in [-0.4, -0.2) is 29.1 Å². The molecule has 1 fully saturated rings. The van der Waals surface area contributed by atoms with Crippen LogP contribution in [0.3, 0.4) is 0 Å². The van der Waals surface area contributed by atoms with E-state index in [1.807, 2.05) is 4.90 Å². The smallest absolute Gasteiger partial charge is 0.226 e. The molecular formula is C18H15F3N4. The highest BCUT2D eigenvalue weighted by atomic mass is 19.1. The van der Waals surface area contributed by atoms with Crippen LogP contribution in [0.2, 0.25) is 0 Å². The Labute approximate surface area is 142 Å². The SMILES string of the molecule is N[C@@H]1CCN(c2nc(-c3c(F)cccc3F)c3ccc(F)cc3n2)C1. The van der Waals surface area contributed by atoms with Crippen molar-refractivity contribution < 1.29 is 13.2 Å². The van der Waals surface area contributed by atoms with Crippen molar-refractivity contribution >= 4 is 16.9 Å². The third-order valence-corrected chi connectivity index (χ3v) is 4.35. The lowest BCUT2D eigenvalue weighted by molar-refractivity contribution is 0.589. The summed E-state index contributed by atoms with van der Waals surface area (Å²) in [7, 11) is 0. The summed E-state index contributed by atoms with van der Waals surface area (Å²) in [6.07, 6.45) is 0.772. The Morgan fingerprint density at radius 2 is 1.80 bits per heavy atom. The van der Waals surface area contributed by atoms with Gasteiger partial charge in [-0.15, -0.1) is 0 Å². The van der Waals surface area contributed by atoms with Crippen LogP contribution in [0.5, 0.6) is 0 Å². The lowest BCUT2D eigenvalue weighted by atomic mass is 10.1. The summed E-state index contributed by atoms with van der Waals surface area (Å²) >= 11 is 0.